The molecule has 5 nitrogen and oxygen atoms in total. The molecule has 1 fully saturated rings. The Morgan fingerprint density at radius 3 is 3.05 bits per heavy atom. The quantitative estimate of drug-likeness (QED) is 0.898. The number of nitrogens with zero attached hydrogens (tertiary/aromatic N) is 3. The Hall–Kier alpha value is -1.88. The van der Waals surface area contributed by atoms with Crippen molar-refractivity contribution >= 4 is 5.69 Å². The molecule has 1 saturated heterocycles. The van der Waals surface area contributed by atoms with Crippen molar-refractivity contribution in [3.8, 4) is 5.82 Å². The summed E-state index contributed by atoms with van der Waals surface area (Å²) in [5.41, 5.74) is 1.08. The zero-order valence-electron chi connectivity index (χ0n) is 11.8. The zero-order chi connectivity index (χ0) is 13.8. The first-order valence-corrected chi connectivity index (χ1v) is 7.27. The molecule has 0 aromatic carbocycles. The van der Waals surface area contributed by atoms with Crippen LogP contribution in [-0.4, -0.2) is 33.7 Å². The van der Waals surface area contributed by atoms with Crippen molar-refractivity contribution < 1.29 is 0 Å². The van der Waals surface area contributed by atoms with Crippen LogP contribution < -0.4 is 10.6 Å². The van der Waals surface area contributed by atoms with E-state index in [1.54, 1.807) is 0 Å². The van der Waals surface area contributed by atoms with Gasteiger partial charge in [0.1, 0.15) is 5.82 Å². The van der Waals surface area contributed by atoms with Crippen LogP contribution >= 0.6 is 0 Å². The third-order valence-corrected chi connectivity index (χ3v) is 3.78. The molecule has 1 aliphatic rings. The van der Waals surface area contributed by atoms with Gasteiger partial charge in [-0.1, -0.05) is 0 Å². The number of aryl methyl sites for hydroxylation is 1. The van der Waals surface area contributed by atoms with E-state index < -0.39 is 0 Å². The highest BCUT2D eigenvalue weighted by atomic mass is 15.1. The van der Waals surface area contributed by atoms with E-state index in [9.17, 15) is 0 Å². The Bertz CT molecular complexity index is 555. The van der Waals surface area contributed by atoms with E-state index in [4.69, 9.17) is 0 Å². The van der Waals surface area contributed by atoms with E-state index in [2.05, 4.69) is 26.7 Å². The molecule has 1 aliphatic heterocycles. The monoisotopic (exact) mass is 271 g/mol. The number of hydrogen-bond donors (Lipinski definition) is 2. The van der Waals surface area contributed by atoms with Crippen molar-refractivity contribution in [2.45, 2.75) is 32.2 Å². The van der Waals surface area contributed by atoms with Crippen molar-refractivity contribution in [3.05, 3.63) is 36.5 Å². The highest BCUT2D eigenvalue weighted by Gasteiger charge is 2.14. The lowest BCUT2D eigenvalue weighted by molar-refractivity contribution is 0.636. The average molecular weight is 271 g/mol. The molecule has 0 radical (unpaired) electrons. The minimum atomic E-state index is 0.511. The Morgan fingerprint density at radius 1 is 1.25 bits per heavy atom. The third-order valence-electron chi connectivity index (χ3n) is 3.78. The Kier molecular flexibility index (Phi) is 3.97. The van der Waals surface area contributed by atoms with Crippen LogP contribution in [0.15, 0.2) is 30.7 Å². The molecule has 3 rings (SSSR count). The van der Waals surface area contributed by atoms with Crippen LogP contribution in [0.2, 0.25) is 0 Å². The number of anilines is 1. The van der Waals surface area contributed by atoms with Gasteiger partial charge in [-0.15, -0.1) is 0 Å². The normalized spacial score (nSPS) is 19.6. The topological polar surface area (TPSA) is 54.8 Å². The predicted octanol–water partition coefficient (Wildman–Crippen LogP) is 2.13. The maximum absolute atomic E-state index is 4.52. The summed E-state index contributed by atoms with van der Waals surface area (Å²) in [5.74, 6) is 1.88. The summed E-state index contributed by atoms with van der Waals surface area (Å²) < 4.78 is 2.03. The fourth-order valence-corrected chi connectivity index (χ4v) is 2.69. The van der Waals surface area contributed by atoms with Crippen LogP contribution in [0.25, 0.3) is 5.82 Å². The largest absolute Gasteiger partial charge is 0.379 e. The van der Waals surface area contributed by atoms with E-state index in [-0.39, 0.29) is 0 Å². The van der Waals surface area contributed by atoms with Gasteiger partial charge in [-0.05, 0) is 51.4 Å². The minimum Gasteiger partial charge on any atom is -0.379 e. The summed E-state index contributed by atoms with van der Waals surface area (Å²) in [6, 6.07) is 4.59. The summed E-state index contributed by atoms with van der Waals surface area (Å²) in [6.45, 7) is 4.20. The molecule has 0 amide bonds. The molecule has 0 spiro atoms. The number of aromatic nitrogens is 3. The Labute approximate surface area is 119 Å². The van der Waals surface area contributed by atoms with Gasteiger partial charge in [0, 0.05) is 24.6 Å². The molecular weight excluding hydrogens is 250 g/mol. The molecule has 2 aromatic rings. The van der Waals surface area contributed by atoms with Gasteiger partial charge in [-0.2, -0.15) is 0 Å². The third kappa shape index (κ3) is 2.82. The second kappa shape index (κ2) is 6.05. The van der Waals surface area contributed by atoms with Crippen molar-refractivity contribution in [2.24, 2.45) is 0 Å². The molecule has 20 heavy (non-hydrogen) atoms. The molecule has 3 heterocycles. The van der Waals surface area contributed by atoms with E-state index in [1.165, 1.54) is 12.8 Å². The highest BCUT2D eigenvalue weighted by molar-refractivity contribution is 5.57. The summed E-state index contributed by atoms with van der Waals surface area (Å²) in [4.78, 5) is 8.80. The zero-order valence-corrected chi connectivity index (χ0v) is 11.8. The van der Waals surface area contributed by atoms with Gasteiger partial charge in [-0.3, -0.25) is 4.57 Å². The minimum absolute atomic E-state index is 0.511. The molecule has 1 atom stereocenters. The van der Waals surface area contributed by atoms with Crippen molar-refractivity contribution in [1.29, 1.82) is 0 Å². The SMILES string of the molecule is Cc1nccn1-c1ncccc1NC1CCCNCC1. The summed E-state index contributed by atoms with van der Waals surface area (Å²) in [6.07, 6.45) is 9.16. The molecular formula is C15H21N5. The van der Waals surface area contributed by atoms with Crippen LogP contribution in [0.4, 0.5) is 5.69 Å². The highest BCUT2D eigenvalue weighted by Crippen LogP contribution is 2.21. The summed E-state index contributed by atoms with van der Waals surface area (Å²) in [7, 11) is 0. The van der Waals surface area contributed by atoms with Gasteiger partial charge in [0.15, 0.2) is 5.82 Å². The van der Waals surface area contributed by atoms with Crippen LogP contribution in [-0.2, 0) is 0 Å². The summed E-state index contributed by atoms with van der Waals surface area (Å²) >= 11 is 0. The van der Waals surface area contributed by atoms with E-state index >= 15 is 0 Å². The maximum Gasteiger partial charge on any atom is 0.161 e. The van der Waals surface area contributed by atoms with Gasteiger partial charge in [0.25, 0.3) is 0 Å². The molecule has 5 heteroatoms. The van der Waals surface area contributed by atoms with Gasteiger partial charge >= 0.3 is 0 Å². The van der Waals surface area contributed by atoms with Crippen LogP contribution in [0, 0.1) is 6.92 Å². The number of nitrogens with one attached hydrogen (secondary N) is 2. The first-order valence-electron chi connectivity index (χ1n) is 7.27. The molecule has 0 aliphatic carbocycles. The van der Waals surface area contributed by atoms with Crippen molar-refractivity contribution in [2.75, 3.05) is 18.4 Å². The van der Waals surface area contributed by atoms with Gasteiger partial charge in [0.05, 0.1) is 5.69 Å². The maximum atomic E-state index is 4.52. The Morgan fingerprint density at radius 2 is 2.20 bits per heavy atom. The van der Waals surface area contributed by atoms with Crippen LogP contribution in [0.3, 0.4) is 0 Å². The lowest BCUT2D eigenvalue weighted by Crippen LogP contribution is -2.22. The van der Waals surface area contributed by atoms with Gasteiger partial charge < -0.3 is 10.6 Å². The number of pyridine rings is 1. The van der Waals surface area contributed by atoms with Crippen LogP contribution in [0.1, 0.15) is 25.1 Å². The summed E-state index contributed by atoms with van der Waals surface area (Å²) in [5, 5.41) is 7.10. The molecule has 0 saturated carbocycles. The van der Waals surface area contributed by atoms with E-state index in [1.807, 2.05) is 36.1 Å². The fourth-order valence-electron chi connectivity index (χ4n) is 2.69. The second-order valence-electron chi connectivity index (χ2n) is 5.24. The van der Waals surface area contributed by atoms with Crippen LogP contribution in [0.5, 0.6) is 0 Å². The molecule has 1 unspecified atom stereocenters. The molecule has 2 N–H and O–H groups in total. The lowest BCUT2D eigenvalue weighted by atomic mass is 10.1. The molecule has 106 valence electrons. The second-order valence-corrected chi connectivity index (χ2v) is 5.24. The standard InChI is InChI=1S/C15H21N5/c1-12-17-10-11-20(12)15-14(5-3-8-18-15)19-13-4-2-7-16-9-6-13/h3,5,8,10-11,13,16,19H,2,4,6-7,9H2,1H3. The van der Waals surface area contributed by atoms with E-state index in [0.29, 0.717) is 6.04 Å². The molecule has 0 bridgehead atoms. The fraction of sp³-hybridized carbons (Fsp3) is 0.467. The van der Waals surface area contributed by atoms with E-state index in [0.717, 1.165) is 36.8 Å². The average Bonchev–Trinajstić information content (AvgIpc) is 2.73. The number of imidazole rings is 1. The molecule has 2 aromatic heterocycles. The smallest absolute Gasteiger partial charge is 0.161 e. The first-order chi connectivity index (χ1) is 9.84. The number of hydrogen-bond acceptors (Lipinski definition) is 4. The van der Waals surface area contributed by atoms with Crippen molar-refractivity contribution in [1.82, 2.24) is 19.9 Å². The number of rotatable bonds is 3. The Balaban J connectivity index is 1.84. The first kappa shape index (κ1) is 13.1. The van der Waals surface area contributed by atoms with Gasteiger partial charge in [0.2, 0.25) is 0 Å². The predicted molar refractivity (Wildman–Crippen MR) is 80.2 cm³/mol. The van der Waals surface area contributed by atoms with Crippen molar-refractivity contribution in [3.63, 3.8) is 0 Å². The lowest BCUT2D eigenvalue weighted by Gasteiger charge is -2.19. The van der Waals surface area contributed by atoms with Gasteiger partial charge in [-0.25, -0.2) is 9.97 Å².